The Balaban J connectivity index is 1.95. The fraction of sp³-hybridized carbons (Fsp3) is 0.667. The number of alkyl carbamates (subject to hydrolysis) is 1. The van der Waals surface area contributed by atoms with E-state index >= 15 is 0 Å². The third-order valence-corrected chi connectivity index (χ3v) is 4.84. The molecule has 0 aliphatic heterocycles. The number of benzene rings is 1. The summed E-state index contributed by atoms with van der Waals surface area (Å²) in [6, 6.07) is 10.5. The lowest BCUT2D eigenvalue weighted by atomic mass is 9.75. The van der Waals surface area contributed by atoms with Crippen LogP contribution in [0.15, 0.2) is 30.3 Å². The van der Waals surface area contributed by atoms with Gasteiger partial charge in [0.1, 0.15) is 5.60 Å². The van der Waals surface area contributed by atoms with Gasteiger partial charge in [-0.25, -0.2) is 4.79 Å². The summed E-state index contributed by atoms with van der Waals surface area (Å²) in [6.07, 6.45) is 4.52. The van der Waals surface area contributed by atoms with Gasteiger partial charge in [-0.05, 0) is 57.4 Å². The first kappa shape index (κ1) is 19.8. The van der Waals surface area contributed by atoms with Gasteiger partial charge in [0.25, 0.3) is 0 Å². The fourth-order valence-corrected chi connectivity index (χ4v) is 3.28. The molecule has 4 heteroatoms. The van der Waals surface area contributed by atoms with Crippen molar-refractivity contribution < 1.29 is 9.53 Å². The predicted octanol–water partition coefficient (Wildman–Crippen LogP) is 4.81. The van der Waals surface area contributed by atoms with E-state index in [0.717, 1.165) is 5.56 Å². The van der Waals surface area contributed by atoms with E-state index in [4.69, 9.17) is 4.74 Å². The summed E-state index contributed by atoms with van der Waals surface area (Å²) < 4.78 is 5.43. The van der Waals surface area contributed by atoms with Crippen molar-refractivity contribution in [1.29, 1.82) is 0 Å². The van der Waals surface area contributed by atoms with Gasteiger partial charge in [0.15, 0.2) is 0 Å². The maximum absolute atomic E-state index is 12.2. The highest BCUT2D eigenvalue weighted by Gasteiger charge is 2.27. The Morgan fingerprint density at radius 2 is 1.80 bits per heavy atom. The zero-order valence-electron chi connectivity index (χ0n) is 16.4. The van der Waals surface area contributed by atoms with Gasteiger partial charge in [-0.3, -0.25) is 0 Å². The molecule has 25 heavy (non-hydrogen) atoms. The van der Waals surface area contributed by atoms with E-state index in [-0.39, 0.29) is 12.1 Å². The van der Waals surface area contributed by atoms with E-state index in [9.17, 15) is 4.79 Å². The number of ether oxygens (including phenoxy) is 1. The molecule has 0 radical (unpaired) electrons. The molecule has 1 aromatic carbocycles. The summed E-state index contributed by atoms with van der Waals surface area (Å²) in [5, 5.41) is 6.68. The first-order valence-electron chi connectivity index (χ1n) is 9.42. The van der Waals surface area contributed by atoms with Gasteiger partial charge in [-0.1, -0.05) is 44.2 Å². The second-order valence-electron chi connectivity index (χ2n) is 8.96. The Hall–Kier alpha value is -1.55. The smallest absolute Gasteiger partial charge is 0.408 e. The van der Waals surface area contributed by atoms with Crippen LogP contribution in [-0.2, 0) is 4.74 Å². The zero-order chi connectivity index (χ0) is 18.5. The average Bonchev–Trinajstić information content (AvgIpc) is 2.51. The van der Waals surface area contributed by atoms with Crippen LogP contribution >= 0.6 is 0 Å². The molecule has 1 saturated carbocycles. The second kappa shape index (κ2) is 8.22. The SMILES string of the molecule is CC1(C)CCC(NCC(NC(=O)OC(C)(C)C)c2ccccc2)CC1. The minimum Gasteiger partial charge on any atom is -0.444 e. The first-order chi connectivity index (χ1) is 11.6. The Labute approximate surface area is 152 Å². The molecule has 2 N–H and O–H groups in total. The van der Waals surface area contributed by atoms with Crippen molar-refractivity contribution >= 4 is 6.09 Å². The maximum atomic E-state index is 12.2. The molecule has 0 saturated heterocycles. The van der Waals surface area contributed by atoms with Crippen molar-refractivity contribution in [2.45, 2.75) is 78.0 Å². The predicted molar refractivity (Wildman–Crippen MR) is 103 cm³/mol. The van der Waals surface area contributed by atoms with Crippen molar-refractivity contribution in [2.75, 3.05) is 6.54 Å². The molecule has 1 atom stereocenters. The lowest BCUT2D eigenvalue weighted by molar-refractivity contribution is 0.0501. The monoisotopic (exact) mass is 346 g/mol. The quantitative estimate of drug-likeness (QED) is 0.804. The lowest BCUT2D eigenvalue weighted by Gasteiger charge is -2.35. The van der Waals surface area contributed by atoms with E-state index in [0.29, 0.717) is 18.0 Å². The molecule has 140 valence electrons. The van der Waals surface area contributed by atoms with Gasteiger partial charge in [0.2, 0.25) is 0 Å². The molecule has 1 aliphatic carbocycles. The van der Waals surface area contributed by atoms with Gasteiger partial charge < -0.3 is 15.4 Å². The van der Waals surface area contributed by atoms with Crippen molar-refractivity contribution in [1.82, 2.24) is 10.6 Å². The number of hydrogen-bond acceptors (Lipinski definition) is 3. The molecule has 0 aromatic heterocycles. The van der Waals surface area contributed by atoms with Crippen LogP contribution in [0.1, 0.15) is 71.9 Å². The van der Waals surface area contributed by atoms with E-state index < -0.39 is 5.60 Å². The van der Waals surface area contributed by atoms with Gasteiger partial charge in [-0.2, -0.15) is 0 Å². The van der Waals surface area contributed by atoms with Crippen LogP contribution < -0.4 is 10.6 Å². The Morgan fingerprint density at radius 1 is 1.20 bits per heavy atom. The fourth-order valence-electron chi connectivity index (χ4n) is 3.28. The molecule has 1 amide bonds. The van der Waals surface area contributed by atoms with Crippen LogP contribution in [0.2, 0.25) is 0 Å². The second-order valence-corrected chi connectivity index (χ2v) is 8.96. The summed E-state index contributed by atoms with van der Waals surface area (Å²) in [4.78, 5) is 12.2. The number of hydrogen-bond donors (Lipinski definition) is 2. The van der Waals surface area contributed by atoms with Gasteiger partial charge in [-0.15, -0.1) is 0 Å². The number of rotatable bonds is 5. The molecular weight excluding hydrogens is 312 g/mol. The number of nitrogens with one attached hydrogen (secondary N) is 2. The minimum atomic E-state index is -0.492. The van der Waals surface area contributed by atoms with E-state index in [1.54, 1.807) is 0 Å². The van der Waals surface area contributed by atoms with E-state index in [1.165, 1.54) is 25.7 Å². The molecular formula is C21H34N2O2. The molecule has 0 bridgehead atoms. The minimum absolute atomic E-state index is 0.0917. The molecule has 2 rings (SSSR count). The van der Waals surface area contributed by atoms with Crippen LogP contribution in [0.25, 0.3) is 0 Å². The molecule has 0 heterocycles. The van der Waals surface area contributed by atoms with Crippen molar-refractivity contribution in [3.05, 3.63) is 35.9 Å². The zero-order valence-corrected chi connectivity index (χ0v) is 16.4. The molecule has 1 fully saturated rings. The first-order valence-corrected chi connectivity index (χ1v) is 9.42. The summed E-state index contributed by atoms with van der Waals surface area (Å²) >= 11 is 0. The van der Waals surface area contributed by atoms with Crippen LogP contribution in [0.3, 0.4) is 0 Å². The Morgan fingerprint density at radius 3 is 2.36 bits per heavy atom. The largest absolute Gasteiger partial charge is 0.444 e. The standard InChI is InChI=1S/C21H34N2O2/c1-20(2,3)25-19(24)23-18(16-9-7-6-8-10-16)15-22-17-11-13-21(4,5)14-12-17/h6-10,17-18,22H,11-15H2,1-5H3,(H,23,24). The van der Waals surface area contributed by atoms with Crippen LogP contribution in [-0.4, -0.2) is 24.3 Å². The van der Waals surface area contributed by atoms with Crippen molar-refractivity contribution in [2.24, 2.45) is 5.41 Å². The summed E-state index contributed by atoms with van der Waals surface area (Å²) in [6.45, 7) is 11.1. The third-order valence-electron chi connectivity index (χ3n) is 4.84. The Bertz CT molecular complexity index is 539. The maximum Gasteiger partial charge on any atom is 0.408 e. The molecule has 1 unspecified atom stereocenters. The molecule has 1 aliphatic rings. The highest BCUT2D eigenvalue weighted by Crippen LogP contribution is 2.35. The lowest BCUT2D eigenvalue weighted by Crippen LogP contribution is -2.43. The Kier molecular flexibility index (Phi) is 6.50. The highest BCUT2D eigenvalue weighted by molar-refractivity contribution is 5.68. The van der Waals surface area contributed by atoms with Crippen LogP contribution in [0, 0.1) is 5.41 Å². The van der Waals surface area contributed by atoms with E-state index in [2.05, 4.69) is 24.5 Å². The third kappa shape index (κ3) is 7.07. The van der Waals surface area contributed by atoms with Gasteiger partial charge in [0.05, 0.1) is 6.04 Å². The normalized spacial score (nSPS) is 19.2. The summed E-state index contributed by atoms with van der Waals surface area (Å²) in [7, 11) is 0. The topological polar surface area (TPSA) is 50.4 Å². The summed E-state index contributed by atoms with van der Waals surface area (Å²) in [5.41, 5.74) is 1.07. The number of carbonyl (C=O) groups is 1. The van der Waals surface area contributed by atoms with Crippen molar-refractivity contribution in [3.63, 3.8) is 0 Å². The van der Waals surface area contributed by atoms with E-state index in [1.807, 2.05) is 51.1 Å². The van der Waals surface area contributed by atoms with Gasteiger partial charge in [0, 0.05) is 12.6 Å². The molecule has 4 nitrogen and oxygen atoms in total. The average molecular weight is 347 g/mol. The molecule has 0 spiro atoms. The van der Waals surface area contributed by atoms with Gasteiger partial charge >= 0.3 is 6.09 Å². The summed E-state index contributed by atoms with van der Waals surface area (Å²) in [5.74, 6) is 0. The molecule has 1 aromatic rings. The van der Waals surface area contributed by atoms with Crippen LogP contribution in [0.5, 0.6) is 0 Å². The highest BCUT2D eigenvalue weighted by atomic mass is 16.6. The number of carbonyl (C=O) groups excluding carboxylic acids is 1. The van der Waals surface area contributed by atoms with Crippen molar-refractivity contribution in [3.8, 4) is 0 Å². The number of amides is 1. The van der Waals surface area contributed by atoms with Crippen LogP contribution in [0.4, 0.5) is 4.79 Å².